The van der Waals surface area contributed by atoms with Gasteiger partial charge in [-0.25, -0.2) is 14.4 Å². The van der Waals surface area contributed by atoms with Gasteiger partial charge in [-0.15, -0.1) is 0 Å². The molecule has 162 valence electrons. The van der Waals surface area contributed by atoms with E-state index >= 15 is 0 Å². The number of carbonyl (C=O) groups is 1. The van der Waals surface area contributed by atoms with E-state index in [0.29, 0.717) is 17.9 Å². The molecule has 7 heteroatoms. The van der Waals surface area contributed by atoms with Crippen LogP contribution in [0.2, 0.25) is 0 Å². The van der Waals surface area contributed by atoms with Gasteiger partial charge < -0.3 is 15.7 Å². The quantitative estimate of drug-likeness (QED) is 0.447. The molecule has 0 saturated heterocycles. The average Bonchev–Trinajstić information content (AvgIpc) is 2.81. The van der Waals surface area contributed by atoms with Crippen LogP contribution in [-0.2, 0) is 11.2 Å². The molecule has 0 aliphatic rings. The van der Waals surface area contributed by atoms with Crippen molar-refractivity contribution in [1.82, 2.24) is 9.97 Å². The lowest BCUT2D eigenvalue weighted by atomic mass is 10.0. The van der Waals surface area contributed by atoms with Gasteiger partial charge in [0.05, 0.1) is 6.20 Å². The first-order valence-electron chi connectivity index (χ1n) is 10.3. The van der Waals surface area contributed by atoms with Gasteiger partial charge in [0.2, 0.25) is 0 Å². The molecule has 3 aromatic carbocycles. The number of aliphatic carboxylic acids is 1. The fraction of sp³-hybridized carbons (Fsp3) is 0.160. The molecule has 1 unspecified atom stereocenters. The number of benzene rings is 3. The minimum absolute atomic E-state index is 0.199. The first-order valence-corrected chi connectivity index (χ1v) is 10.3. The summed E-state index contributed by atoms with van der Waals surface area (Å²) in [4.78, 5) is 21.4. The highest BCUT2D eigenvalue weighted by atomic mass is 19.1. The maximum absolute atomic E-state index is 14.8. The van der Waals surface area contributed by atoms with Crippen LogP contribution >= 0.6 is 0 Å². The van der Waals surface area contributed by atoms with Crippen molar-refractivity contribution in [3.05, 3.63) is 84.3 Å². The highest BCUT2D eigenvalue weighted by molar-refractivity contribution is 5.86. The summed E-state index contributed by atoms with van der Waals surface area (Å²) >= 11 is 0. The highest BCUT2D eigenvalue weighted by Gasteiger charge is 2.17. The van der Waals surface area contributed by atoms with Crippen molar-refractivity contribution in [2.24, 2.45) is 5.73 Å². The summed E-state index contributed by atoms with van der Waals surface area (Å²) in [6.45, 7) is 2.47. The molecule has 0 fully saturated rings. The molecule has 32 heavy (non-hydrogen) atoms. The number of aromatic nitrogens is 2. The molecule has 6 nitrogen and oxygen atoms in total. The summed E-state index contributed by atoms with van der Waals surface area (Å²) < 4.78 is 14.8. The van der Waals surface area contributed by atoms with Crippen LogP contribution in [0.3, 0.4) is 0 Å². The Labute approximate surface area is 185 Å². The van der Waals surface area contributed by atoms with Crippen molar-refractivity contribution >= 4 is 28.2 Å². The zero-order valence-corrected chi connectivity index (χ0v) is 17.6. The average molecular weight is 430 g/mol. The number of halogens is 1. The van der Waals surface area contributed by atoms with Gasteiger partial charge in [-0.05, 0) is 41.8 Å². The normalized spacial score (nSPS) is 12.0. The molecule has 0 aliphatic carbocycles. The summed E-state index contributed by atoms with van der Waals surface area (Å²) in [7, 11) is 0. The number of carboxylic acid groups (broad SMARTS) is 1. The lowest BCUT2D eigenvalue weighted by Crippen LogP contribution is -2.32. The second kappa shape index (κ2) is 9.11. The number of nitrogens with zero attached hydrogens (tertiary/aromatic N) is 3. The smallest absolute Gasteiger partial charge is 0.320 e. The van der Waals surface area contributed by atoms with Gasteiger partial charge in [0.15, 0.2) is 17.5 Å². The van der Waals surface area contributed by atoms with Crippen LogP contribution in [-0.4, -0.2) is 33.6 Å². The number of rotatable bonds is 7. The van der Waals surface area contributed by atoms with Crippen molar-refractivity contribution in [3.63, 3.8) is 0 Å². The fourth-order valence-electron chi connectivity index (χ4n) is 3.62. The van der Waals surface area contributed by atoms with Crippen LogP contribution in [0.4, 0.5) is 15.9 Å². The zero-order valence-electron chi connectivity index (χ0n) is 17.6. The molecule has 4 rings (SSSR count). The monoisotopic (exact) mass is 430 g/mol. The van der Waals surface area contributed by atoms with Crippen molar-refractivity contribution in [2.75, 3.05) is 11.4 Å². The highest BCUT2D eigenvalue weighted by Crippen LogP contribution is 2.30. The van der Waals surface area contributed by atoms with Crippen LogP contribution in [0.15, 0.2) is 72.9 Å². The Bertz CT molecular complexity index is 1260. The number of fused-ring (bicyclic) bond motifs is 1. The molecular formula is C25H23FN4O2. The van der Waals surface area contributed by atoms with Crippen molar-refractivity contribution in [1.29, 1.82) is 0 Å². The van der Waals surface area contributed by atoms with E-state index in [2.05, 4.69) is 9.97 Å². The Morgan fingerprint density at radius 3 is 2.50 bits per heavy atom. The molecule has 3 N–H and O–H groups in total. The predicted molar refractivity (Wildman–Crippen MR) is 123 cm³/mol. The van der Waals surface area contributed by atoms with E-state index < -0.39 is 17.8 Å². The van der Waals surface area contributed by atoms with E-state index in [9.17, 15) is 9.18 Å². The molecule has 1 aromatic heterocycles. The minimum Gasteiger partial charge on any atom is -0.480 e. The predicted octanol–water partition coefficient (Wildman–Crippen LogP) is 4.55. The minimum atomic E-state index is -1.05. The van der Waals surface area contributed by atoms with Crippen molar-refractivity contribution in [2.45, 2.75) is 19.4 Å². The maximum atomic E-state index is 14.8. The summed E-state index contributed by atoms with van der Waals surface area (Å²) in [5.41, 5.74) is 7.93. The molecule has 0 spiro atoms. The van der Waals surface area contributed by atoms with Crippen molar-refractivity contribution < 1.29 is 14.3 Å². The Balaban J connectivity index is 1.66. The molecule has 1 heterocycles. The first kappa shape index (κ1) is 21.4. The SMILES string of the molecule is CCN(c1ccc2ccccc2c1)c1nc(-c2ccc(CC(N)C(=O)O)cc2)ncc1F. The van der Waals surface area contributed by atoms with E-state index in [-0.39, 0.29) is 12.2 Å². The molecule has 0 amide bonds. The molecule has 0 bridgehead atoms. The third kappa shape index (κ3) is 4.43. The molecule has 0 saturated carbocycles. The maximum Gasteiger partial charge on any atom is 0.320 e. The number of carboxylic acids is 1. The second-order valence-corrected chi connectivity index (χ2v) is 7.49. The van der Waals surface area contributed by atoms with E-state index in [1.807, 2.05) is 54.3 Å². The summed E-state index contributed by atoms with van der Waals surface area (Å²) in [6.07, 6.45) is 1.40. The van der Waals surface area contributed by atoms with Gasteiger partial charge in [-0.3, -0.25) is 4.79 Å². The molecule has 0 aliphatic heterocycles. The lowest BCUT2D eigenvalue weighted by Gasteiger charge is -2.23. The zero-order chi connectivity index (χ0) is 22.7. The van der Waals surface area contributed by atoms with Crippen LogP contribution < -0.4 is 10.6 Å². The number of hydrogen-bond acceptors (Lipinski definition) is 5. The Kier molecular flexibility index (Phi) is 6.09. The Morgan fingerprint density at radius 1 is 1.09 bits per heavy atom. The molecule has 4 aromatic rings. The summed E-state index contributed by atoms with van der Waals surface area (Å²) in [5.74, 6) is -0.971. The summed E-state index contributed by atoms with van der Waals surface area (Å²) in [5, 5.41) is 11.1. The van der Waals surface area contributed by atoms with Crippen LogP contribution in [0.1, 0.15) is 12.5 Å². The second-order valence-electron chi connectivity index (χ2n) is 7.49. The fourth-order valence-corrected chi connectivity index (χ4v) is 3.62. The lowest BCUT2D eigenvalue weighted by molar-refractivity contribution is -0.138. The molecular weight excluding hydrogens is 407 g/mol. The van der Waals surface area contributed by atoms with Gasteiger partial charge in [0.1, 0.15) is 6.04 Å². The molecule has 1 atom stereocenters. The largest absolute Gasteiger partial charge is 0.480 e. The summed E-state index contributed by atoms with van der Waals surface area (Å²) in [6, 6.07) is 20.2. The molecule has 0 radical (unpaired) electrons. The first-order chi connectivity index (χ1) is 15.5. The third-order valence-corrected chi connectivity index (χ3v) is 5.33. The van der Waals surface area contributed by atoms with E-state index in [4.69, 9.17) is 10.8 Å². The van der Waals surface area contributed by atoms with Gasteiger partial charge in [0.25, 0.3) is 0 Å². The van der Waals surface area contributed by atoms with Crippen LogP contribution in [0.25, 0.3) is 22.2 Å². The number of hydrogen-bond donors (Lipinski definition) is 2. The van der Waals surface area contributed by atoms with Gasteiger partial charge in [-0.1, -0.05) is 54.6 Å². The van der Waals surface area contributed by atoms with E-state index in [1.54, 1.807) is 24.3 Å². The number of anilines is 2. The van der Waals surface area contributed by atoms with Crippen molar-refractivity contribution in [3.8, 4) is 11.4 Å². The van der Waals surface area contributed by atoms with E-state index in [1.165, 1.54) is 6.20 Å². The standard InChI is InChI=1S/C25H23FN4O2/c1-2-30(20-12-11-17-5-3-4-6-19(17)14-20)24-21(26)15-28-23(29-24)18-9-7-16(8-10-18)13-22(27)25(31)32/h3-12,14-15,22H,2,13,27H2,1H3,(H,31,32). The Hall–Kier alpha value is -3.84. The van der Waals surface area contributed by atoms with Crippen LogP contribution in [0.5, 0.6) is 0 Å². The van der Waals surface area contributed by atoms with Gasteiger partial charge in [0, 0.05) is 17.8 Å². The van der Waals surface area contributed by atoms with Gasteiger partial charge in [-0.2, -0.15) is 0 Å². The van der Waals surface area contributed by atoms with Gasteiger partial charge >= 0.3 is 5.97 Å². The van der Waals surface area contributed by atoms with Crippen LogP contribution in [0, 0.1) is 5.82 Å². The number of nitrogens with two attached hydrogens (primary N) is 1. The van der Waals surface area contributed by atoms with E-state index in [0.717, 1.165) is 22.0 Å². The Morgan fingerprint density at radius 2 is 1.81 bits per heavy atom. The third-order valence-electron chi connectivity index (χ3n) is 5.33. The topological polar surface area (TPSA) is 92.3 Å².